The third-order valence-electron chi connectivity index (χ3n) is 4.38. The van der Waals surface area contributed by atoms with Gasteiger partial charge in [-0.1, -0.05) is 25.1 Å². The van der Waals surface area contributed by atoms with Crippen molar-refractivity contribution >= 4 is 11.7 Å². The van der Waals surface area contributed by atoms with Crippen LogP contribution < -0.4 is 5.32 Å². The average Bonchev–Trinajstić information content (AvgIpc) is 2.73. The number of aryl methyl sites for hydroxylation is 1. The number of hydrogen-bond acceptors (Lipinski definition) is 5. The van der Waals surface area contributed by atoms with Crippen molar-refractivity contribution in [2.75, 3.05) is 18.9 Å². The molecule has 144 valence electrons. The fourth-order valence-corrected chi connectivity index (χ4v) is 3.00. The summed E-state index contributed by atoms with van der Waals surface area (Å²) in [5, 5.41) is 3.04. The van der Waals surface area contributed by atoms with Crippen LogP contribution in [-0.2, 0) is 6.54 Å². The molecule has 0 aliphatic rings. The van der Waals surface area contributed by atoms with Crippen LogP contribution in [0, 0.1) is 6.92 Å². The Balaban J connectivity index is 1.81. The molecule has 0 saturated heterocycles. The van der Waals surface area contributed by atoms with Gasteiger partial charge >= 0.3 is 0 Å². The zero-order valence-corrected chi connectivity index (χ0v) is 16.5. The van der Waals surface area contributed by atoms with Gasteiger partial charge in [0.25, 0.3) is 5.91 Å². The minimum absolute atomic E-state index is 0.0123. The molecule has 0 unspecified atom stereocenters. The van der Waals surface area contributed by atoms with Crippen LogP contribution in [0.4, 0.5) is 5.82 Å². The molecule has 0 spiro atoms. The van der Waals surface area contributed by atoms with E-state index in [0.717, 1.165) is 29.1 Å². The van der Waals surface area contributed by atoms with Crippen molar-refractivity contribution in [2.24, 2.45) is 0 Å². The maximum absolute atomic E-state index is 13.0. The van der Waals surface area contributed by atoms with Gasteiger partial charge in [0.1, 0.15) is 5.82 Å². The van der Waals surface area contributed by atoms with E-state index in [-0.39, 0.29) is 5.91 Å². The molecule has 0 fully saturated rings. The van der Waals surface area contributed by atoms with Crippen LogP contribution in [0.2, 0.25) is 0 Å². The summed E-state index contributed by atoms with van der Waals surface area (Å²) in [7, 11) is 1.83. The molecule has 0 atom stereocenters. The second kappa shape index (κ2) is 9.08. The minimum Gasteiger partial charge on any atom is -0.373 e. The summed E-state index contributed by atoms with van der Waals surface area (Å²) in [6.07, 6.45) is 4.43. The summed E-state index contributed by atoms with van der Waals surface area (Å²) in [6.45, 7) is 5.25. The Labute approximate surface area is 165 Å². The number of carbonyl (C=O) groups excluding carboxylic acids is 1. The molecule has 2 aromatic heterocycles. The number of hydrogen-bond donors (Lipinski definition) is 1. The second-order valence-electron chi connectivity index (χ2n) is 6.63. The third-order valence-corrected chi connectivity index (χ3v) is 4.38. The molecular formula is C22H25N5O. The molecular weight excluding hydrogens is 350 g/mol. The summed E-state index contributed by atoms with van der Waals surface area (Å²) in [5.41, 5.74) is 3.45. The average molecular weight is 375 g/mol. The van der Waals surface area contributed by atoms with Gasteiger partial charge < -0.3 is 10.2 Å². The topological polar surface area (TPSA) is 71.0 Å². The van der Waals surface area contributed by atoms with Gasteiger partial charge in [-0.25, -0.2) is 9.97 Å². The zero-order valence-electron chi connectivity index (χ0n) is 16.5. The molecule has 0 bridgehead atoms. The van der Waals surface area contributed by atoms with Crippen molar-refractivity contribution in [3.63, 3.8) is 0 Å². The van der Waals surface area contributed by atoms with Crippen molar-refractivity contribution in [1.82, 2.24) is 19.9 Å². The smallest absolute Gasteiger partial charge is 0.254 e. The van der Waals surface area contributed by atoms with Crippen LogP contribution in [-0.4, -0.2) is 39.4 Å². The van der Waals surface area contributed by atoms with Crippen molar-refractivity contribution in [3.8, 4) is 11.4 Å². The number of rotatable bonds is 7. The fourth-order valence-electron chi connectivity index (χ4n) is 3.00. The van der Waals surface area contributed by atoms with Gasteiger partial charge in [0.05, 0.1) is 0 Å². The van der Waals surface area contributed by atoms with E-state index in [1.54, 1.807) is 12.4 Å². The molecule has 0 aliphatic carbocycles. The van der Waals surface area contributed by atoms with Gasteiger partial charge in [0.2, 0.25) is 0 Å². The second-order valence-corrected chi connectivity index (χ2v) is 6.63. The van der Waals surface area contributed by atoms with Gasteiger partial charge in [-0.05, 0) is 37.1 Å². The highest BCUT2D eigenvalue weighted by atomic mass is 16.2. The lowest BCUT2D eigenvalue weighted by Crippen LogP contribution is -2.31. The number of amides is 1. The van der Waals surface area contributed by atoms with E-state index in [0.29, 0.717) is 24.5 Å². The lowest BCUT2D eigenvalue weighted by Gasteiger charge is -2.22. The molecule has 3 aromatic rings. The Morgan fingerprint density at radius 1 is 1.14 bits per heavy atom. The van der Waals surface area contributed by atoms with E-state index in [9.17, 15) is 4.79 Å². The molecule has 1 amide bonds. The van der Waals surface area contributed by atoms with Crippen molar-refractivity contribution in [3.05, 3.63) is 71.7 Å². The standard InChI is InChI=1S/C22H25N5O/c1-4-12-27(15-17-6-5-11-24-14-17)22(28)19-9-7-18(8-10-19)21-25-16(2)13-20(23-3)26-21/h5-11,13-14H,4,12,15H2,1-3H3,(H,23,25,26). The van der Waals surface area contributed by atoms with E-state index in [1.165, 1.54) is 0 Å². The van der Waals surface area contributed by atoms with Crippen LogP contribution in [0.25, 0.3) is 11.4 Å². The normalized spacial score (nSPS) is 10.5. The number of aromatic nitrogens is 3. The largest absolute Gasteiger partial charge is 0.373 e. The Morgan fingerprint density at radius 2 is 1.93 bits per heavy atom. The van der Waals surface area contributed by atoms with E-state index in [2.05, 4.69) is 27.2 Å². The van der Waals surface area contributed by atoms with E-state index in [1.807, 2.05) is 61.3 Å². The van der Waals surface area contributed by atoms with E-state index >= 15 is 0 Å². The molecule has 6 nitrogen and oxygen atoms in total. The lowest BCUT2D eigenvalue weighted by atomic mass is 10.1. The highest BCUT2D eigenvalue weighted by molar-refractivity contribution is 5.94. The highest BCUT2D eigenvalue weighted by Crippen LogP contribution is 2.19. The molecule has 0 saturated carbocycles. The summed E-state index contributed by atoms with van der Waals surface area (Å²) >= 11 is 0. The first kappa shape index (κ1) is 19.5. The molecule has 3 rings (SSSR count). The van der Waals surface area contributed by atoms with E-state index in [4.69, 9.17) is 0 Å². The maximum Gasteiger partial charge on any atom is 0.254 e. The van der Waals surface area contributed by atoms with Crippen molar-refractivity contribution < 1.29 is 4.79 Å². The molecule has 0 radical (unpaired) electrons. The summed E-state index contributed by atoms with van der Waals surface area (Å²) in [5.74, 6) is 1.43. The minimum atomic E-state index is 0.0123. The van der Waals surface area contributed by atoms with E-state index < -0.39 is 0 Å². The molecule has 2 heterocycles. The molecule has 6 heteroatoms. The quantitative estimate of drug-likeness (QED) is 0.677. The first-order chi connectivity index (χ1) is 13.6. The summed E-state index contributed by atoms with van der Waals surface area (Å²) < 4.78 is 0. The lowest BCUT2D eigenvalue weighted by molar-refractivity contribution is 0.0743. The monoisotopic (exact) mass is 375 g/mol. The van der Waals surface area contributed by atoms with Gasteiger partial charge in [-0.3, -0.25) is 9.78 Å². The number of nitrogens with zero attached hydrogens (tertiary/aromatic N) is 4. The first-order valence-corrected chi connectivity index (χ1v) is 9.42. The number of anilines is 1. The Hall–Kier alpha value is -3.28. The van der Waals surface area contributed by atoms with Crippen LogP contribution in [0.5, 0.6) is 0 Å². The zero-order chi connectivity index (χ0) is 19.9. The highest BCUT2D eigenvalue weighted by Gasteiger charge is 2.16. The van der Waals surface area contributed by atoms with Gasteiger partial charge in [-0.2, -0.15) is 0 Å². The van der Waals surface area contributed by atoms with Gasteiger partial charge in [0, 0.05) is 55.4 Å². The van der Waals surface area contributed by atoms with Crippen LogP contribution in [0.15, 0.2) is 54.9 Å². The Morgan fingerprint density at radius 3 is 2.57 bits per heavy atom. The maximum atomic E-state index is 13.0. The van der Waals surface area contributed by atoms with Crippen LogP contribution in [0.3, 0.4) is 0 Å². The molecule has 28 heavy (non-hydrogen) atoms. The Kier molecular flexibility index (Phi) is 6.32. The summed E-state index contributed by atoms with van der Waals surface area (Å²) in [4.78, 5) is 28.0. The predicted octanol–water partition coefficient (Wildman–Crippen LogP) is 3.94. The molecule has 1 N–H and O–H groups in total. The number of carbonyl (C=O) groups is 1. The number of nitrogens with one attached hydrogen (secondary N) is 1. The molecule has 0 aliphatic heterocycles. The van der Waals surface area contributed by atoms with Crippen molar-refractivity contribution in [1.29, 1.82) is 0 Å². The molecule has 1 aromatic carbocycles. The van der Waals surface area contributed by atoms with Crippen LogP contribution in [0.1, 0.15) is 35.0 Å². The fraction of sp³-hybridized carbons (Fsp3) is 0.273. The van der Waals surface area contributed by atoms with Gasteiger partial charge in [0.15, 0.2) is 5.82 Å². The summed E-state index contributed by atoms with van der Waals surface area (Å²) in [6, 6.07) is 13.2. The first-order valence-electron chi connectivity index (χ1n) is 9.42. The van der Waals surface area contributed by atoms with Crippen molar-refractivity contribution in [2.45, 2.75) is 26.8 Å². The Bertz CT molecular complexity index is 925. The SMILES string of the molecule is CCCN(Cc1cccnc1)C(=O)c1ccc(-c2nc(C)cc(NC)n2)cc1. The number of benzene rings is 1. The number of pyridine rings is 1. The van der Waals surface area contributed by atoms with Crippen LogP contribution >= 0.6 is 0 Å². The predicted molar refractivity (Wildman–Crippen MR) is 111 cm³/mol. The third kappa shape index (κ3) is 4.71. The van der Waals surface area contributed by atoms with Gasteiger partial charge in [-0.15, -0.1) is 0 Å².